The summed E-state index contributed by atoms with van der Waals surface area (Å²) in [7, 11) is 0. The third kappa shape index (κ3) is 3.46. The van der Waals surface area contributed by atoms with Crippen LogP contribution in [-0.2, 0) is 5.75 Å². The summed E-state index contributed by atoms with van der Waals surface area (Å²) in [5, 5.41) is 4.71. The van der Waals surface area contributed by atoms with Crippen LogP contribution in [0, 0.1) is 0 Å². The lowest BCUT2D eigenvalue weighted by Crippen LogP contribution is -1.89. The van der Waals surface area contributed by atoms with E-state index in [1.807, 2.05) is 24.4 Å². The van der Waals surface area contributed by atoms with Gasteiger partial charge < -0.3 is 0 Å². The van der Waals surface area contributed by atoms with Crippen LogP contribution in [0.1, 0.15) is 5.69 Å². The molecule has 0 aliphatic heterocycles. The van der Waals surface area contributed by atoms with Gasteiger partial charge in [0.05, 0.1) is 16.2 Å². The van der Waals surface area contributed by atoms with E-state index in [0.29, 0.717) is 0 Å². The number of hydrogen-bond donors (Lipinski definition) is 0. The van der Waals surface area contributed by atoms with Crippen LogP contribution < -0.4 is 0 Å². The van der Waals surface area contributed by atoms with Gasteiger partial charge in [-0.1, -0.05) is 36.4 Å². The third-order valence-electron chi connectivity index (χ3n) is 3.62. The Morgan fingerprint density at radius 2 is 1.57 bits per heavy atom. The van der Waals surface area contributed by atoms with Crippen LogP contribution in [-0.4, -0.2) is 9.97 Å². The topological polar surface area (TPSA) is 25.8 Å². The summed E-state index contributed by atoms with van der Waals surface area (Å²) in [6, 6.07) is 23.0. The summed E-state index contributed by atoms with van der Waals surface area (Å²) in [6.07, 6.45) is 1.82. The van der Waals surface area contributed by atoms with Crippen LogP contribution in [0.4, 0.5) is 0 Å². The molecule has 23 heavy (non-hydrogen) atoms. The van der Waals surface area contributed by atoms with Gasteiger partial charge in [-0.15, -0.1) is 24.2 Å². The molecule has 2 nitrogen and oxygen atoms in total. The van der Waals surface area contributed by atoms with Gasteiger partial charge in [-0.2, -0.15) is 0 Å². The molecule has 0 aliphatic rings. The van der Waals surface area contributed by atoms with Gasteiger partial charge in [0, 0.05) is 17.3 Å². The molecular weight excluding hydrogens is 324 g/mol. The van der Waals surface area contributed by atoms with Crippen molar-refractivity contribution >= 4 is 45.8 Å². The Morgan fingerprint density at radius 1 is 0.783 bits per heavy atom. The number of pyridine rings is 2. The highest BCUT2D eigenvalue weighted by Gasteiger charge is 2.02. The van der Waals surface area contributed by atoms with E-state index in [1.54, 1.807) is 11.8 Å². The zero-order valence-corrected chi connectivity index (χ0v) is 14.0. The Kier molecular flexibility index (Phi) is 4.79. The van der Waals surface area contributed by atoms with E-state index in [0.717, 1.165) is 22.0 Å². The maximum absolute atomic E-state index is 4.79. The number of fused-ring (bicyclic) bond motifs is 2. The minimum absolute atomic E-state index is 0. The Hall–Kier alpha value is -2.10. The smallest absolute Gasteiger partial charge is 0.0963 e. The molecule has 0 radical (unpaired) electrons. The van der Waals surface area contributed by atoms with E-state index in [2.05, 4.69) is 53.5 Å². The summed E-state index contributed by atoms with van der Waals surface area (Å²) >= 11 is 1.71. The second-order valence-corrected chi connectivity index (χ2v) is 6.15. The fourth-order valence-electron chi connectivity index (χ4n) is 2.51. The molecule has 0 N–H and O–H groups in total. The van der Waals surface area contributed by atoms with Crippen LogP contribution in [0.3, 0.4) is 0 Å². The van der Waals surface area contributed by atoms with Crippen molar-refractivity contribution in [1.82, 2.24) is 9.97 Å². The van der Waals surface area contributed by atoms with Crippen LogP contribution in [0.5, 0.6) is 0 Å². The molecule has 2 heterocycles. The summed E-state index contributed by atoms with van der Waals surface area (Å²) in [6.45, 7) is 0. The predicted molar refractivity (Wildman–Crippen MR) is 100 cm³/mol. The number of rotatable bonds is 3. The van der Waals surface area contributed by atoms with Crippen molar-refractivity contribution in [3.05, 3.63) is 78.6 Å². The fraction of sp³-hybridized carbons (Fsp3) is 0.0526. The summed E-state index contributed by atoms with van der Waals surface area (Å²) < 4.78 is 0. The Bertz CT molecular complexity index is 941. The molecule has 0 aliphatic carbocycles. The van der Waals surface area contributed by atoms with Gasteiger partial charge in [0.2, 0.25) is 0 Å². The Morgan fingerprint density at radius 3 is 2.35 bits per heavy atom. The molecule has 0 atom stereocenters. The highest BCUT2D eigenvalue weighted by atomic mass is 35.5. The van der Waals surface area contributed by atoms with Gasteiger partial charge in [0.25, 0.3) is 0 Å². The first kappa shape index (κ1) is 15.8. The summed E-state index contributed by atoms with van der Waals surface area (Å²) in [4.78, 5) is 9.12. The molecule has 0 amide bonds. The Labute approximate surface area is 145 Å². The minimum atomic E-state index is 0. The predicted octanol–water partition coefficient (Wildman–Crippen LogP) is 5.50. The normalized spacial score (nSPS) is 10.6. The number of thioether (sulfide) groups is 1. The van der Waals surface area contributed by atoms with Crippen LogP contribution in [0.25, 0.3) is 21.7 Å². The van der Waals surface area contributed by atoms with Crippen molar-refractivity contribution in [2.75, 3.05) is 0 Å². The fourth-order valence-corrected chi connectivity index (χ4v) is 3.28. The van der Waals surface area contributed by atoms with Gasteiger partial charge in [0.15, 0.2) is 0 Å². The molecule has 0 spiro atoms. The molecule has 0 bridgehead atoms. The molecular formula is C19H15ClN2S. The van der Waals surface area contributed by atoms with E-state index in [9.17, 15) is 0 Å². The lowest BCUT2D eigenvalue weighted by Gasteiger charge is -2.05. The van der Waals surface area contributed by atoms with Crippen LogP contribution in [0.2, 0.25) is 0 Å². The number of benzene rings is 2. The molecule has 4 heteroatoms. The van der Waals surface area contributed by atoms with Crippen molar-refractivity contribution < 1.29 is 0 Å². The van der Waals surface area contributed by atoms with Crippen molar-refractivity contribution in [3.8, 4) is 0 Å². The van der Waals surface area contributed by atoms with Gasteiger partial charge in [0.1, 0.15) is 0 Å². The zero-order chi connectivity index (χ0) is 14.8. The second-order valence-electron chi connectivity index (χ2n) is 5.15. The number of aromatic nitrogens is 2. The Balaban J connectivity index is 0.00000156. The largest absolute Gasteiger partial charge is 0.252 e. The molecule has 0 unspecified atom stereocenters. The third-order valence-corrected chi connectivity index (χ3v) is 4.60. The zero-order valence-electron chi connectivity index (χ0n) is 12.3. The van der Waals surface area contributed by atoms with E-state index >= 15 is 0 Å². The molecule has 2 aromatic carbocycles. The second kappa shape index (κ2) is 6.99. The molecule has 114 valence electrons. The average molecular weight is 339 g/mol. The number of halogens is 1. The van der Waals surface area contributed by atoms with Crippen LogP contribution in [0.15, 0.2) is 78.0 Å². The molecule has 0 saturated carbocycles. The highest BCUT2D eigenvalue weighted by molar-refractivity contribution is 7.98. The molecule has 2 aromatic heterocycles. The standard InChI is InChI=1S/C19H14N2S.ClH/c1-2-6-15-12-18-16(11-14(15)5-1)8-9-17(21-18)13-22-19-7-3-4-10-20-19;/h1-12H,13H2;1H. The number of hydrogen-bond acceptors (Lipinski definition) is 3. The lowest BCUT2D eigenvalue weighted by atomic mass is 10.1. The summed E-state index contributed by atoms with van der Waals surface area (Å²) in [5.74, 6) is 0.833. The van der Waals surface area contributed by atoms with E-state index < -0.39 is 0 Å². The number of nitrogens with zero attached hydrogens (tertiary/aromatic N) is 2. The lowest BCUT2D eigenvalue weighted by molar-refractivity contribution is 1.12. The van der Waals surface area contributed by atoms with Gasteiger partial charge in [-0.3, -0.25) is 4.98 Å². The van der Waals surface area contributed by atoms with Gasteiger partial charge in [-0.25, -0.2) is 4.98 Å². The molecule has 4 rings (SSSR count). The summed E-state index contributed by atoms with van der Waals surface area (Å²) in [5.41, 5.74) is 2.14. The molecule has 0 saturated heterocycles. The molecule has 4 aromatic rings. The maximum atomic E-state index is 4.79. The van der Waals surface area contributed by atoms with E-state index in [1.165, 1.54) is 16.2 Å². The van der Waals surface area contributed by atoms with Gasteiger partial charge in [-0.05, 0) is 41.1 Å². The minimum Gasteiger partial charge on any atom is -0.252 e. The van der Waals surface area contributed by atoms with Crippen molar-refractivity contribution in [1.29, 1.82) is 0 Å². The van der Waals surface area contributed by atoms with Crippen molar-refractivity contribution in [3.63, 3.8) is 0 Å². The maximum Gasteiger partial charge on any atom is 0.0963 e. The van der Waals surface area contributed by atoms with Crippen molar-refractivity contribution in [2.24, 2.45) is 0 Å². The first-order valence-corrected chi connectivity index (χ1v) is 8.19. The first-order valence-electron chi connectivity index (χ1n) is 7.21. The van der Waals surface area contributed by atoms with E-state index in [4.69, 9.17) is 4.98 Å². The van der Waals surface area contributed by atoms with Crippen LogP contribution >= 0.6 is 24.2 Å². The first-order chi connectivity index (χ1) is 10.9. The van der Waals surface area contributed by atoms with Crippen molar-refractivity contribution in [2.45, 2.75) is 10.8 Å². The SMILES string of the molecule is Cl.c1ccc(SCc2ccc3cc4ccccc4cc3n2)nc1. The monoisotopic (exact) mass is 338 g/mol. The average Bonchev–Trinajstić information content (AvgIpc) is 2.59. The highest BCUT2D eigenvalue weighted by Crippen LogP contribution is 2.24. The van der Waals surface area contributed by atoms with Gasteiger partial charge >= 0.3 is 0 Å². The molecule has 0 fully saturated rings. The quantitative estimate of drug-likeness (QED) is 0.364. The van der Waals surface area contributed by atoms with E-state index in [-0.39, 0.29) is 12.4 Å².